The van der Waals surface area contributed by atoms with E-state index in [1.165, 1.54) is 5.56 Å². The van der Waals surface area contributed by atoms with Gasteiger partial charge >= 0.3 is 0 Å². The van der Waals surface area contributed by atoms with Crippen LogP contribution in [-0.2, 0) is 6.42 Å². The third kappa shape index (κ3) is 3.34. The molecule has 1 heterocycles. The Bertz CT molecular complexity index is 760. The molecule has 0 bridgehead atoms. The molecule has 0 atom stereocenters. The maximum Gasteiger partial charge on any atom is 0.168 e. The van der Waals surface area contributed by atoms with Crippen LogP contribution < -0.4 is 5.32 Å². The molecule has 3 heteroatoms. The lowest BCUT2D eigenvalue weighted by Crippen LogP contribution is -2.30. The Labute approximate surface area is 137 Å². The van der Waals surface area contributed by atoms with E-state index < -0.39 is 0 Å². The van der Waals surface area contributed by atoms with Crippen LogP contribution in [0.25, 0.3) is 0 Å². The van der Waals surface area contributed by atoms with Gasteiger partial charge in [-0.2, -0.15) is 0 Å². The summed E-state index contributed by atoms with van der Waals surface area (Å²) in [7, 11) is 1.92. The average molecular weight is 306 g/mol. The number of ketones is 1. The molecule has 0 spiro atoms. The summed E-state index contributed by atoms with van der Waals surface area (Å²) < 4.78 is 0. The van der Waals surface area contributed by atoms with Crippen molar-refractivity contribution in [2.45, 2.75) is 32.2 Å². The van der Waals surface area contributed by atoms with Crippen molar-refractivity contribution in [2.75, 3.05) is 12.4 Å². The summed E-state index contributed by atoms with van der Waals surface area (Å²) in [6.45, 7) is 4.24. The van der Waals surface area contributed by atoms with Gasteiger partial charge in [0.1, 0.15) is 0 Å². The second-order valence-corrected chi connectivity index (χ2v) is 6.64. The zero-order chi connectivity index (χ0) is 16.4. The van der Waals surface area contributed by atoms with E-state index in [9.17, 15) is 4.79 Å². The smallest absolute Gasteiger partial charge is 0.168 e. The van der Waals surface area contributed by atoms with E-state index in [-0.39, 0.29) is 11.3 Å². The number of carbonyl (C=O) groups is 1. The molecule has 3 rings (SSSR count). The molecule has 2 aromatic rings. The highest BCUT2D eigenvalue weighted by atomic mass is 16.1. The van der Waals surface area contributed by atoms with Crippen LogP contribution in [0, 0.1) is 0 Å². The maximum atomic E-state index is 12.6. The van der Waals surface area contributed by atoms with Gasteiger partial charge in [0.2, 0.25) is 0 Å². The molecule has 0 fully saturated rings. The molecule has 0 saturated heterocycles. The largest absolute Gasteiger partial charge is 0.388 e. The average Bonchev–Trinajstić information content (AvgIpc) is 2.54. The molecule has 1 N–H and O–H groups in total. The van der Waals surface area contributed by atoms with E-state index in [2.05, 4.69) is 31.3 Å². The van der Waals surface area contributed by atoms with Crippen LogP contribution in [0.4, 0.5) is 5.69 Å². The molecule has 0 amide bonds. The van der Waals surface area contributed by atoms with E-state index in [1.54, 1.807) is 0 Å². The molecule has 3 nitrogen and oxygen atoms in total. The van der Waals surface area contributed by atoms with E-state index in [1.807, 2.05) is 43.4 Å². The van der Waals surface area contributed by atoms with E-state index in [4.69, 9.17) is 4.99 Å². The van der Waals surface area contributed by atoms with Crippen molar-refractivity contribution in [2.24, 2.45) is 4.99 Å². The van der Waals surface area contributed by atoms with Gasteiger partial charge in [0.15, 0.2) is 5.78 Å². The fourth-order valence-corrected chi connectivity index (χ4v) is 3.12. The van der Waals surface area contributed by atoms with Gasteiger partial charge in [-0.05, 0) is 43.5 Å². The van der Waals surface area contributed by atoms with Crippen molar-refractivity contribution in [3.05, 3.63) is 65.2 Å². The second kappa shape index (κ2) is 5.99. The molecule has 2 aromatic carbocycles. The van der Waals surface area contributed by atoms with Gasteiger partial charge in [-0.3, -0.25) is 9.79 Å². The molecule has 1 aliphatic rings. The lowest BCUT2D eigenvalue weighted by molar-refractivity contribution is 0.100. The van der Waals surface area contributed by atoms with Crippen molar-refractivity contribution in [1.82, 2.24) is 0 Å². The monoisotopic (exact) mass is 306 g/mol. The molecule has 0 unspecified atom stereocenters. The minimum absolute atomic E-state index is 0.116. The highest BCUT2D eigenvalue weighted by molar-refractivity contribution is 6.16. The summed E-state index contributed by atoms with van der Waals surface area (Å²) >= 11 is 0. The molecule has 0 radical (unpaired) electrons. The van der Waals surface area contributed by atoms with Gasteiger partial charge in [0.05, 0.1) is 17.7 Å². The highest BCUT2D eigenvalue weighted by Gasteiger charge is 2.28. The fraction of sp³-hybridized carbons (Fsp3) is 0.300. The number of anilines is 1. The number of nitrogens with zero attached hydrogens (tertiary/aromatic N) is 1. The van der Waals surface area contributed by atoms with Gasteiger partial charge in [0, 0.05) is 18.3 Å². The summed E-state index contributed by atoms with van der Waals surface area (Å²) in [6.07, 6.45) is 1.24. The van der Waals surface area contributed by atoms with Crippen LogP contribution in [-0.4, -0.2) is 24.1 Å². The second-order valence-electron chi connectivity index (χ2n) is 6.64. The first-order chi connectivity index (χ1) is 11.0. The quantitative estimate of drug-likeness (QED) is 0.863. The van der Waals surface area contributed by atoms with Gasteiger partial charge in [0.25, 0.3) is 0 Å². The zero-order valence-corrected chi connectivity index (χ0v) is 13.9. The van der Waals surface area contributed by atoms with E-state index >= 15 is 0 Å². The molecule has 1 aliphatic heterocycles. The SMILES string of the molecule is CNc1ccc2c(c1)CC(C)(C)N=C2CC(=O)c1ccccc1. The highest BCUT2D eigenvalue weighted by Crippen LogP contribution is 2.30. The molecule has 0 aliphatic carbocycles. The van der Waals surface area contributed by atoms with Crippen molar-refractivity contribution >= 4 is 17.2 Å². The maximum absolute atomic E-state index is 12.6. The van der Waals surface area contributed by atoms with Gasteiger partial charge in [-0.1, -0.05) is 36.4 Å². The Hall–Kier alpha value is -2.42. The Morgan fingerprint density at radius 3 is 2.61 bits per heavy atom. The lowest BCUT2D eigenvalue weighted by Gasteiger charge is -2.29. The summed E-state index contributed by atoms with van der Waals surface area (Å²) in [6, 6.07) is 15.7. The molecule has 0 aromatic heterocycles. The Balaban J connectivity index is 1.95. The number of hydrogen-bond donors (Lipinski definition) is 1. The number of hydrogen-bond acceptors (Lipinski definition) is 3. The predicted octanol–water partition coefficient (Wildman–Crippen LogP) is 4.13. The lowest BCUT2D eigenvalue weighted by atomic mass is 9.85. The zero-order valence-electron chi connectivity index (χ0n) is 13.9. The number of rotatable bonds is 4. The van der Waals surface area contributed by atoms with Crippen molar-refractivity contribution in [3.63, 3.8) is 0 Å². The Morgan fingerprint density at radius 1 is 1.17 bits per heavy atom. The number of aliphatic imine (C=N–C) groups is 1. The number of benzene rings is 2. The predicted molar refractivity (Wildman–Crippen MR) is 95.7 cm³/mol. The summed E-state index contributed by atoms with van der Waals surface area (Å²) in [5, 5.41) is 3.18. The topological polar surface area (TPSA) is 41.5 Å². The van der Waals surface area contributed by atoms with E-state index in [0.29, 0.717) is 6.42 Å². The Morgan fingerprint density at radius 2 is 1.91 bits per heavy atom. The van der Waals surface area contributed by atoms with E-state index in [0.717, 1.165) is 28.9 Å². The van der Waals surface area contributed by atoms with Crippen molar-refractivity contribution in [1.29, 1.82) is 0 Å². The van der Waals surface area contributed by atoms with Crippen LogP contribution >= 0.6 is 0 Å². The number of fused-ring (bicyclic) bond motifs is 1. The first-order valence-corrected chi connectivity index (χ1v) is 7.96. The van der Waals surface area contributed by atoms with Gasteiger partial charge < -0.3 is 5.32 Å². The van der Waals surface area contributed by atoms with Crippen LogP contribution in [0.1, 0.15) is 41.8 Å². The van der Waals surface area contributed by atoms with Gasteiger partial charge in [-0.25, -0.2) is 0 Å². The third-order valence-corrected chi connectivity index (χ3v) is 4.19. The van der Waals surface area contributed by atoms with Crippen LogP contribution in [0.3, 0.4) is 0 Å². The standard InChI is InChI=1S/C20H22N2O/c1-20(2)13-15-11-16(21-3)9-10-17(15)18(22-20)12-19(23)14-7-5-4-6-8-14/h4-11,21H,12-13H2,1-3H3. The summed E-state index contributed by atoms with van der Waals surface area (Å²) in [5.74, 6) is 0.116. The molecule has 0 saturated carbocycles. The normalized spacial score (nSPS) is 15.5. The molecule has 23 heavy (non-hydrogen) atoms. The molecular weight excluding hydrogens is 284 g/mol. The van der Waals surface area contributed by atoms with Crippen molar-refractivity contribution < 1.29 is 4.79 Å². The van der Waals surface area contributed by atoms with Crippen LogP contribution in [0.5, 0.6) is 0 Å². The van der Waals surface area contributed by atoms with Crippen LogP contribution in [0.15, 0.2) is 53.5 Å². The Kier molecular flexibility index (Phi) is 4.03. The van der Waals surface area contributed by atoms with Gasteiger partial charge in [-0.15, -0.1) is 0 Å². The minimum atomic E-state index is -0.175. The summed E-state index contributed by atoms with van der Waals surface area (Å²) in [5.41, 5.74) is 4.92. The van der Waals surface area contributed by atoms with Crippen molar-refractivity contribution in [3.8, 4) is 0 Å². The first-order valence-electron chi connectivity index (χ1n) is 7.96. The first kappa shape index (κ1) is 15.5. The number of nitrogens with one attached hydrogen (secondary N) is 1. The molecular formula is C20H22N2O. The number of carbonyl (C=O) groups excluding carboxylic acids is 1. The number of Topliss-reactive ketones (excluding diaryl/α,β-unsaturated/α-hetero) is 1. The third-order valence-electron chi connectivity index (χ3n) is 4.19. The fourth-order valence-electron chi connectivity index (χ4n) is 3.12. The molecule has 118 valence electrons. The summed E-state index contributed by atoms with van der Waals surface area (Å²) in [4.78, 5) is 17.4. The minimum Gasteiger partial charge on any atom is -0.388 e. The van der Waals surface area contributed by atoms with Crippen LogP contribution in [0.2, 0.25) is 0 Å².